The normalized spacial score (nSPS) is 10.9. The fraction of sp³-hybridized carbons (Fsp3) is 0.100. The summed E-state index contributed by atoms with van der Waals surface area (Å²) in [5.74, 6) is -0.965. The number of benzene rings is 1. The largest absolute Gasteiger partial charge is 0.370 e. The Labute approximate surface area is 92.9 Å². The minimum absolute atomic E-state index is 0.237. The third-order valence-corrected chi connectivity index (χ3v) is 1.84. The number of nitrogens with zero attached hydrogens (tertiary/aromatic N) is 2. The lowest BCUT2D eigenvalue weighted by atomic mass is 10.1. The Morgan fingerprint density at radius 3 is 2.31 bits per heavy atom. The standard InChI is InChI=1S/C10H13N5O/c1-6-4-2-3-5-7(6)8(16)14-10(13)15-9(11)12/h2-5H,1H3,(H6,11,12,13,14,15,16). The van der Waals surface area contributed by atoms with E-state index in [1.54, 1.807) is 25.1 Å². The predicted octanol–water partition coefficient (Wildman–Crippen LogP) is -0.277. The van der Waals surface area contributed by atoms with Crippen molar-refractivity contribution in [3.8, 4) is 0 Å². The summed E-state index contributed by atoms with van der Waals surface area (Å²) in [6, 6.07) is 7.03. The molecule has 0 unspecified atom stereocenters. The SMILES string of the molecule is Cc1ccccc1C(=O)N=C(N)N=C(N)N. The molecule has 0 aliphatic heterocycles. The molecule has 1 aromatic rings. The van der Waals surface area contributed by atoms with Crippen molar-refractivity contribution < 1.29 is 4.79 Å². The van der Waals surface area contributed by atoms with Gasteiger partial charge in [0.2, 0.25) is 5.96 Å². The van der Waals surface area contributed by atoms with Gasteiger partial charge in [0.15, 0.2) is 5.96 Å². The fourth-order valence-corrected chi connectivity index (χ4v) is 1.13. The first kappa shape index (κ1) is 11.7. The zero-order valence-corrected chi connectivity index (χ0v) is 8.84. The van der Waals surface area contributed by atoms with Gasteiger partial charge >= 0.3 is 0 Å². The Morgan fingerprint density at radius 1 is 1.12 bits per heavy atom. The third kappa shape index (κ3) is 3.09. The number of rotatable bonds is 1. The van der Waals surface area contributed by atoms with Crippen LogP contribution in [0.3, 0.4) is 0 Å². The summed E-state index contributed by atoms with van der Waals surface area (Å²) in [6.45, 7) is 1.81. The van der Waals surface area contributed by atoms with Gasteiger partial charge in [-0.3, -0.25) is 4.79 Å². The van der Waals surface area contributed by atoms with Gasteiger partial charge in [-0.2, -0.15) is 9.98 Å². The number of carbonyl (C=O) groups is 1. The molecule has 6 nitrogen and oxygen atoms in total. The Hall–Kier alpha value is -2.37. The monoisotopic (exact) mass is 219 g/mol. The number of aryl methyl sites for hydroxylation is 1. The molecule has 0 bridgehead atoms. The van der Waals surface area contributed by atoms with Crippen molar-refractivity contribution in [2.45, 2.75) is 6.92 Å². The maximum absolute atomic E-state index is 11.6. The van der Waals surface area contributed by atoms with Gasteiger partial charge in [-0.05, 0) is 18.6 Å². The number of guanidine groups is 2. The van der Waals surface area contributed by atoms with Gasteiger partial charge < -0.3 is 17.2 Å². The number of nitrogens with two attached hydrogens (primary N) is 3. The van der Waals surface area contributed by atoms with Crippen LogP contribution in [0.2, 0.25) is 0 Å². The van der Waals surface area contributed by atoms with Crippen molar-refractivity contribution in [2.75, 3.05) is 0 Å². The predicted molar refractivity (Wildman–Crippen MR) is 62.9 cm³/mol. The van der Waals surface area contributed by atoms with Gasteiger partial charge in [0, 0.05) is 5.56 Å². The minimum Gasteiger partial charge on any atom is -0.370 e. The van der Waals surface area contributed by atoms with Gasteiger partial charge in [0.05, 0.1) is 0 Å². The van der Waals surface area contributed by atoms with Crippen molar-refractivity contribution >= 4 is 17.8 Å². The summed E-state index contributed by atoms with van der Waals surface area (Å²) < 4.78 is 0. The van der Waals surface area contributed by atoms with Crippen molar-refractivity contribution in [2.24, 2.45) is 27.2 Å². The highest BCUT2D eigenvalue weighted by Crippen LogP contribution is 2.08. The number of amides is 1. The van der Waals surface area contributed by atoms with Gasteiger partial charge in [-0.1, -0.05) is 18.2 Å². The van der Waals surface area contributed by atoms with Crippen LogP contribution in [0.4, 0.5) is 0 Å². The van der Waals surface area contributed by atoms with Crippen LogP contribution in [0.25, 0.3) is 0 Å². The molecule has 1 amide bonds. The van der Waals surface area contributed by atoms with E-state index >= 15 is 0 Å². The van der Waals surface area contributed by atoms with E-state index in [9.17, 15) is 4.79 Å². The molecule has 1 aromatic carbocycles. The summed E-state index contributed by atoms with van der Waals surface area (Å²) in [5, 5.41) is 0. The second-order valence-electron chi connectivity index (χ2n) is 3.13. The molecule has 16 heavy (non-hydrogen) atoms. The lowest BCUT2D eigenvalue weighted by molar-refractivity contribution is 0.100. The third-order valence-electron chi connectivity index (χ3n) is 1.84. The van der Waals surface area contributed by atoms with Crippen molar-refractivity contribution in [1.29, 1.82) is 0 Å². The number of hydrogen-bond donors (Lipinski definition) is 3. The second kappa shape index (κ2) is 4.92. The number of carbonyl (C=O) groups excluding carboxylic acids is 1. The highest BCUT2D eigenvalue weighted by Gasteiger charge is 2.07. The topological polar surface area (TPSA) is 120 Å². The Balaban J connectivity index is 2.97. The lowest BCUT2D eigenvalue weighted by Crippen LogP contribution is -2.26. The van der Waals surface area contributed by atoms with Crippen LogP contribution in [0.15, 0.2) is 34.3 Å². The van der Waals surface area contributed by atoms with E-state index in [1.807, 2.05) is 6.07 Å². The number of aliphatic imine (C=N–C) groups is 2. The molecule has 0 radical (unpaired) electrons. The highest BCUT2D eigenvalue weighted by atomic mass is 16.1. The average Bonchev–Trinajstić information content (AvgIpc) is 2.16. The van der Waals surface area contributed by atoms with E-state index in [2.05, 4.69) is 9.98 Å². The number of hydrogen-bond acceptors (Lipinski definition) is 1. The van der Waals surface area contributed by atoms with E-state index in [-0.39, 0.29) is 11.9 Å². The van der Waals surface area contributed by atoms with Gasteiger partial charge in [0.25, 0.3) is 5.91 Å². The first-order valence-electron chi connectivity index (χ1n) is 4.54. The zero-order valence-electron chi connectivity index (χ0n) is 8.84. The molecule has 1 rings (SSSR count). The van der Waals surface area contributed by atoms with Crippen molar-refractivity contribution in [1.82, 2.24) is 0 Å². The molecule has 0 fully saturated rings. The first-order chi connectivity index (χ1) is 7.50. The molecule has 0 aliphatic rings. The summed E-state index contributed by atoms with van der Waals surface area (Å²) in [4.78, 5) is 18.6. The molecule has 6 N–H and O–H groups in total. The van der Waals surface area contributed by atoms with Crippen LogP contribution >= 0.6 is 0 Å². The zero-order chi connectivity index (χ0) is 12.1. The quantitative estimate of drug-likeness (QED) is 0.444. The molecule has 84 valence electrons. The van der Waals surface area contributed by atoms with Crippen LogP contribution < -0.4 is 17.2 Å². The second-order valence-corrected chi connectivity index (χ2v) is 3.13. The molecule has 0 atom stereocenters. The van der Waals surface area contributed by atoms with Crippen LogP contribution in [0, 0.1) is 6.92 Å². The first-order valence-corrected chi connectivity index (χ1v) is 4.54. The van der Waals surface area contributed by atoms with Crippen LogP contribution in [0.1, 0.15) is 15.9 Å². The molecule has 0 aromatic heterocycles. The van der Waals surface area contributed by atoms with Gasteiger partial charge in [-0.25, -0.2) is 0 Å². The van der Waals surface area contributed by atoms with Gasteiger partial charge in [0.1, 0.15) is 0 Å². The Kier molecular flexibility index (Phi) is 3.60. The van der Waals surface area contributed by atoms with E-state index in [0.29, 0.717) is 5.56 Å². The van der Waals surface area contributed by atoms with Crippen LogP contribution in [-0.2, 0) is 0 Å². The van der Waals surface area contributed by atoms with Gasteiger partial charge in [-0.15, -0.1) is 0 Å². The molecule has 0 heterocycles. The van der Waals surface area contributed by atoms with Crippen molar-refractivity contribution in [3.05, 3.63) is 35.4 Å². The molecular weight excluding hydrogens is 206 g/mol. The fourth-order valence-electron chi connectivity index (χ4n) is 1.13. The molecule has 0 saturated heterocycles. The molecule has 0 spiro atoms. The highest BCUT2D eigenvalue weighted by molar-refractivity contribution is 6.05. The van der Waals surface area contributed by atoms with E-state index in [0.717, 1.165) is 5.56 Å². The van der Waals surface area contributed by atoms with Crippen LogP contribution in [-0.4, -0.2) is 17.8 Å². The van der Waals surface area contributed by atoms with Crippen molar-refractivity contribution in [3.63, 3.8) is 0 Å². The lowest BCUT2D eigenvalue weighted by Gasteiger charge is -2.00. The van der Waals surface area contributed by atoms with E-state index in [1.165, 1.54) is 0 Å². The average molecular weight is 219 g/mol. The molecule has 0 saturated carbocycles. The molecular formula is C10H13N5O. The molecule has 0 aliphatic carbocycles. The van der Waals surface area contributed by atoms with E-state index < -0.39 is 5.91 Å². The summed E-state index contributed by atoms with van der Waals surface area (Å²) in [7, 11) is 0. The summed E-state index contributed by atoms with van der Waals surface area (Å²) in [6.07, 6.45) is 0. The molecule has 6 heteroatoms. The Morgan fingerprint density at radius 2 is 1.75 bits per heavy atom. The summed E-state index contributed by atoms with van der Waals surface area (Å²) in [5.41, 5.74) is 16.8. The summed E-state index contributed by atoms with van der Waals surface area (Å²) >= 11 is 0. The maximum atomic E-state index is 11.6. The smallest absolute Gasteiger partial charge is 0.280 e. The van der Waals surface area contributed by atoms with Crippen LogP contribution in [0.5, 0.6) is 0 Å². The van der Waals surface area contributed by atoms with E-state index in [4.69, 9.17) is 17.2 Å². The Bertz CT molecular complexity index is 460. The maximum Gasteiger partial charge on any atom is 0.280 e. The minimum atomic E-state index is -0.472.